The molecule has 2 aromatic carbocycles. The van der Waals surface area contributed by atoms with Gasteiger partial charge < -0.3 is 4.90 Å². The average molecular weight is 485 g/mol. The summed E-state index contributed by atoms with van der Waals surface area (Å²) in [6.45, 7) is 9.55. The normalized spacial score (nSPS) is 15.2. The third-order valence-electron chi connectivity index (χ3n) is 5.41. The largest absolute Gasteiger partial charge is 0.363 e. The summed E-state index contributed by atoms with van der Waals surface area (Å²) in [4.78, 5) is 19.1. The van der Waals surface area contributed by atoms with E-state index in [2.05, 4.69) is 54.2 Å². The van der Waals surface area contributed by atoms with Crippen molar-refractivity contribution in [2.45, 2.75) is 37.6 Å². The van der Waals surface area contributed by atoms with Gasteiger partial charge in [0.15, 0.2) is 4.34 Å². The number of rotatable bonds is 6. The van der Waals surface area contributed by atoms with Crippen molar-refractivity contribution in [3.05, 3.63) is 58.6 Å². The zero-order valence-corrected chi connectivity index (χ0v) is 20.9. The molecule has 0 bridgehead atoms. The molecule has 0 aliphatic carbocycles. The standard InChI is InChI=1S/C24H25ClN4OS2/c1-5-29-20-11-18(25)16(10-17(20)15(2)12-24(29,3)4)13-26-28-22(30)14-31-23-27-19-8-6-7-9-21(19)32-23/h6-13H,5,14H2,1-4H3,(H,28,30)/b26-13+. The molecule has 8 heteroatoms. The highest BCUT2D eigenvalue weighted by molar-refractivity contribution is 8.01. The minimum Gasteiger partial charge on any atom is -0.363 e. The lowest BCUT2D eigenvalue weighted by Crippen LogP contribution is -2.44. The minimum atomic E-state index is -0.186. The predicted octanol–water partition coefficient (Wildman–Crippen LogP) is 6.21. The van der Waals surface area contributed by atoms with Gasteiger partial charge in [-0.3, -0.25) is 4.79 Å². The molecule has 166 valence electrons. The van der Waals surface area contributed by atoms with Gasteiger partial charge in [0.25, 0.3) is 5.91 Å². The van der Waals surface area contributed by atoms with E-state index < -0.39 is 0 Å². The second kappa shape index (κ2) is 9.25. The van der Waals surface area contributed by atoms with Crippen molar-refractivity contribution in [1.82, 2.24) is 10.4 Å². The van der Waals surface area contributed by atoms with E-state index in [-0.39, 0.29) is 17.2 Å². The van der Waals surface area contributed by atoms with Crippen molar-refractivity contribution >= 4 is 68.3 Å². The van der Waals surface area contributed by atoms with E-state index in [4.69, 9.17) is 11.6 Å². The number of halogens is 1. The molecule has 0 unspecified atom stereocenters. The van der Waals surface area contributed by atoms with E-state index in [9.17, 15) is 4.79 Å². The second-order valence-electron chi connectivity index (χ2n) is 8.15. The van der Waals surface area contributed by atoms with Gasteiger partial charge in [-0.1, -0.05) is 41.6 Å². The molecule has 1 aliphatic heterocycles. The van der Waals surface area contributed by atoms with Crippen LogP contribution in [-0.2, 0) is 4.79 Å². The molecule has 1 amide bonds. The zero-order chi connectivity index (χ0) is 22.9. The number of para-hydroxylation sites is 1. The van der Waals surface area contributed by atoms with Crippen LogP contribution in [0.4, 0.5) is 5.69 Å². The molecule has 1 aromatic heterocycles. The van der Waals surface area contributed by atoms with Crippen LogP contribution in [0, 0.1) is 0 Å². The summed E-state index contributed by atoms with van der Waals surface area (Å²) in [5.74, 6) is 0.0619. The quantitative estimate of drug-likeness (QED) is 0.256. The Hall–Kier alpha value is -2.35. The highest BCUT2D eigenvalue weighted by atomic mass is 35.5. The third kappa shape index (κ3) is 4.70. The fourth-order valence-corrected chi connectivity index (χ4v) is 6.11. The number of hydrazone groups is 1. The maximum absolute atomic E-state index is 12.2. The molecule has 0 saturated carbocycles. The average Bonchev–Trinajstić information content (AvgIpc) is 3.16. The van der Waals surface area contributed by atoms with Gasteiger partial charge in [-0.25, -0.2) is 10.4 Å². The Morgan fingerprint density at radius 3 is 2.88 bits per heavy atom. The molecule has 0 spiro atoms. The number of thioether (sulfide) groups is 1. The number of thiazole rings is 1. The van der Waals surface area contributed by atoms with Crippen LogP contribution in [0.2, 0.25) is 5.02 Å². The van der Waals surface area contributed by atoms with Gasteiger partial charge in [0, 0.05) is 23.4 Å². The summed E-state index contributed by atoms with van der Waals surface area (Å²) in [6.07, 6.45) is 3.88. The van der Waals surface area contributed by atoms with Crippen LogP contribution in [0.15, 0.2) is 51.9 Å². The van der Waals surface area contributed by atoms with E-state index in [1.54, 1.807) is 17.6 Å². The monoisotopic (exact) mass is 484 g/mol. The van der Waals surface area contributed by atoms with Crippen molar-refractivity contribution in [1.29, 1.82) is 0 Å². The Kier molecular flexibility index (Phi) is 6.60. The summed E-state index contributed by atoms with van der Waals surface area (Å²) < 4.78 is 1.98. The number of carbonyl (C=O) groups excluding carboxylic acids is 1. The molecule has 3 aromatic rings. The molecule has 0 atom stereocenters. The topological polar surface area (TPSA) is 57.6 Å². The van der Waals surface area contributed by atoms with Crippen molar-refractivity contribution in [3.63, 3.8) is 0 Å². The summed E-state index contributed by atoms with van der Waals surface area (Å²) in [7, 11) is 0. The number of nitrogens with one attached hydrogen (secondary N) is 1. The number of carbonyl (C=O) groups is 1. The number of anilines is 1. The first-order chi connectivity index (χ1) is 15.3. The number of benzene rings is 2. The van der Waals surface area contributed by atoms with E-state index in [0.717, 1.165) is 37.9 Å². The van der Waals surface area contributed by atoms with E-state index >= 15 is 0 Å². The van der Waals surface area contributed by atoms with Gasteiger partial charge in [0.05, 0.1) is 32.7 Å². The smallest absolute Gasteiger partial charge is 0.250 e. The van der Waals surface area contributed by atoms with Crippen molar-refractivity contribution < 1.29 is 4.79 Å². The van der Waals surface area contributed by atoms with E-state index in [1.165, 1.54) is 17.3 Å². The third-order valence-corrected chi connectivity index (χ3v) is 7.91. The molecule has 0 radical (unpaired) electrons. The molecular weight excluding hydrogens is 460 g/mol. The Labute approximate surface area is 201 Å². The fraction of sp³-hybridized carbons (Fsp3) is 0.292. The van der Waals surface area contributed by atoms with Gasteiger partial charge in [-0.2, -0.15) is 5.10 Å². The maximum atomic E-state index is 12.2. The lowest BCUT2D eigenvalue weighted by Gasteiger charge is -2.43. The number of aromatic nitrogens is 1. The van der Waals surface area contributed by atoms with Crippen LogP contribution in [-0.4, -0.2) is 34.9 Å². The van der Waals surface area contributed by atoms with Crippen LogP contribution in [0.1, 0.15) is 38.8 Å². The van der Waals surface area contributed by atoms with Crippen LogP contribution in [0.3, 0.4) is 0 Å². The second-order valence-corrected chi connectivity index (χ2v) is 10.8. The molecule has 0 saturated heterocycles. The first-order valence-corrected chi connectivity index (χ1v) is 12.6. The SMILES string of the molecule is CCN1c2cc(Cl)c(/C=N/NC(=O)CSc3nc4ccccc4s3)cc2C(C)=CC1(C)C. The molecule has 2 heterocycles. The lowest BCUT2D eigenvalue weighted by molar-refractivity contribution is -0.118. The number of allylic oxidation sites excluding steroid dienone is 1. The predicted molar refractivity (Wildman–Crippen MR) is 138 cm³/mol. The molecule has 32 heavy (non-hydrogen) atoms. The van der Waals surface area contributed by atoms with Crippen molar-refractivity contribution in [3.8, 4) is 0 Å². The number of hydrogen-bond acceptors (Lipinski definition) is 6. The fourth-order valence-electron chi connectivity index (χ4n) is 4.04. The van der Waals surface area contributed by atoms with Crippen LogP contribution in [0.5, 0.6) is 0 Å². The Morgan fingerprint density at radius 2 is 2.12 bits per heavy atom. The summed E-state index contributed by atoms with van der Waals surface area (Å²) >= 11 is 9.55. The summed E-state index contributed by atoms with van der Waals surface area (Å²) in [5.41, 5.74) is 7.71. The van der Waals surface area contributed by atoms with Gasteiger partial charge in [0.1, 0.15) is 0 Å². The van der Waals surface area contributed by atoms with Crippen LogP contribution < -0.4 is 10.3 Å². The van der Waals surface area contributed by atoms with Gasteiger partial charge in [-0.15, -0.1) is 11.3 Å². The van der Waals surface area contributed by atoms with Crippen LogP contribution >= 0.6 is 34.7 Å². The number of hydrogen-bond donors (Lipinski definition) is 1. The van der Waals surface area contributed by atoms with E-state index in [0.29, 0.717) is 5.02 Å². The Morgan fingerprint density at radius 1 is 1.34 bits per heavy atom. The molecule has 5 nitrogen and oxygen atoms in total. The summed E-state index contributed by atoms with van der Waals surface area (Å²) in [6, 6.07) is 12.0. The van der Waals surface area contributed by atoms with E-state index in [1.807, 2.05) is 36.4 Å². The number of amides is 1. The first-order valence-electron chi connectivity index (χ1n) is 10.4. The molecule has 1 N–H and O–H groups in total. The number of nitrogens with zero attached hydrogens (tertiary/aromatic N) is 3. The maximum Gasteiger partial charge on any atom is 0.250 e. The highest BCUT2D eigenvalue weighted by Crippen LogP contribution is 2.41. The lowest BCUT2D eigenvalue weighted by atomic mass is 9.88. The Balaban J connectivity index is 1.42. The summed E-state index contributed by atoms with van der Waals surface area (Å²) in [5, 5.41) is 4.73. The minimum absolute atomic E-state index is 0.0698. The number of fused-ring (bicyclic) bond motifs is 2. The molecule has 1 aliphatic rings. The molecular formula is C24H25ClN4OS2. The van der Waals surface area contributed by atoms with Gasteiger partial charge in [-0.05, 0) is 57.5 Å². The molecule has 4 rings (SSSR count). The zero-order valence-electron chi connectivity index (χ0n) is 18.5. The van der Waals surface area contributed by atoms with Gasteiger partial charge in [0.2, 0.25) is 0 Å². The first kappa shape index (κ1) is 22.8. The van der Waals surface area contributed by atoms with Gasteiger partial charge >= 0.3 is 0 Å². The highest BCUT2D eigenvalue weighted by Gasteiger charge is 2.30. The van der Waals surface area contributed by atoms with Crippen molar-refractivity contribution in [2.24, 2.45) is 5.10 Å². The molecule has 0 fully saturated rings. The Bertz CT molecular complexity index is 1200. The number of likely N-dealkylation sites (N-methyl/N-ethyl adjacent to an activating group) is 1. The van der Waals surface area contributed by atoms with Crippen molar-refractivity contribution in [2.75, 3.05) is 17.2 Å². The van der Waals surface area contributed by atoms with Crippen LogP contribution in [0.25, 0.3) is 15.8 Å².